The van der Waals surface area contributed by atoms with E-state index in [0.717, 1.165) is 5.56 Å². The number of amides is 2. The van der Waals surface area contributed by atoms with Crippen LogP contribution in [0.15, 0.2) is 47.2 Å². The monoisotopic (exact) mass is 289 g/mol. The van der Waals surface area contributed by atoms with Crippen LogP contribution in [0.3, 0.4) is 0 Å². The second kappa shape index (κ2) is 7.20. The smallest absolute Gasteiger partial charge is 0.250 e. The molecule has 0 bridgehead atoms. The Kier molecular flexibility index (Phi) is 5.05. The average molecular weight is 289 g/mol. The Morgan fingerprint density at radius 2 is 2.00 bits per heavy atom. The van der Waals surface area contributed by atoms with Gasteiger partial charge in [0.05, 0.1) is 13.0 Å². The highest BCUT2D eigenvalue weighted by molar-refractivity contribution is 5.96. The summed E-state index contributed by atoms with van der Waals surface area (Å²) in [6.07, 6.45) is 1.44. The van der Waals surface area contributed by atoms with E-state index in [9.17, 15) is 14.7 Å². The van der Waals surface area contributed by atoms with E-state index in [4.69, 9.17) is 0 Å². The maximum Gasteiger partial charge on any atom is 0.250 e. The van der Waals surface area contributed by atoms with Crippen LogP contribution in [-0.4, -0.2) is 34.7 Å². The first-order valence-electron chi connectivity index (χ1n) is 6.34. The fraction of sp³-hybridized carbons (Fsp3) is 0.214. The third kappa shape index (κ3) is 4.43. The molecule has 0 fully saturated rings. The molecule has 0 unspecified atom stereocenters. The molecule has 7 nitrogen and oxygen atoms in total. The summed E-state index contributed by atoms with van der Waals surface area (Å²) in [4.78, 5) is 23.7. The molecule has 0 saturated heterocycles. The lowest BCUT2D eigenvalue weighted by Crippen LogP contribution is -2.46. The third-order valence-corrected chi connectivity index (χ3v) is 2.73. The fourth-order valence-corrected chi connectivity index (χ4v) is 1.71. The minimum atomic E-state index is -1.04. The Balaban J connectivity index is 1.89. The molecule has 7 heteroatoms. The molecule has 0 aliphatic rings. The number of nitrogens with one attached hydrogen (secondary N) is 2. The number of aliphatic hydroxyl groups is 1. The van der Waals surface area contributed by atoms with Gasteiger partial charge >= 0.3 is 0 Å². The number of rotatable bonds is 6. The molecular weight excluding hydrogens is 274 g/mol. The predicted octanol–water partition coefficient (Wildman–Crippen LogP) is 0.333. The lowest BCUT2D eigenvalue weighted by atomic mass is 10.1. The van der Waals surface area contributed by atoms with Crippen LogP contribution in [0.5, 0.6) is 0 Å². The average Bonchev–Trinajstić information content (AvgIpc) is 2.98. The number of hydrogen-bond acceptors (Lipinski definition) is 5. The highest BCUT2D eigenvalue weighted by Crippen LogP contribution is 2.03. The summed E-state index contributed by atoms with van der Waals surface area (Å²) in [5, 5.41) is 17.6. The molecule has 0 radical (unpaired) electrons. The normalized spacial score (nSPS) is 11.7. The number of anilines is 1. The lowest BCUT2D eigenvalue weighted by Gasteiger charge is -2.15. The van der Waals surface area contributed by atoms with Gasteiger partial charge in [-0.25, -0.2) is 0 Å². The minimum absolute atomic E-state index is 0.134. The number of nitrogens with zero attached hydrogens (tertiary/aromatic N) is 1. The van der Waals surface area contributed by atoms with Gasteiger partial charge in [-0.1, -0.05) is 35.5 Å². The van der Waals surface area contributed by atoms with Gasteiger partial charge in [0.2, 0.25) is 5.91 Å². The molecule has 0 aliphatic carbocycles. The number of aliphatic hydroxyl groups excluding tert-OH is 1. The number of carbonyl (C=O) groups is 2. The molecule has 2 rings (SSSR count). The van der Waals surface area contributed by atoms with Crippen LogP contribution in [0.25, 0.3) is 0 Å². The molecule has 2 aromatic rings. The van der Waals surface area contributed by atoms with E-state index < -0.39 is 18.6 Å². The quantitative estimate of drug-likeness (QED) is 0.711. The number of aromatic nitrogens is 1. The Hall–Kier alpha value is -2.67. The lowest BCUT2D eigenvalue weighted by molar-refractivity contribution is -0.126. The van der Waals surface area contributed by atoms with Crippen molar-refractivity contribution in [2.75, 3.05) is 11.9 Å². The standard InChI is InChI=1S/C14H15N3O4/c18-9-11(14(20)16-12-6-7-21-17-12)15-13(19)8-10-4-2-1-3-5-10/h1-7,11,18H,8-9H2,(H,15,19)(H,16,17,20)/t11-/m0/s1. The van der Waals surface area contributed by atoms with Crippen molar-refractivity contribution < 1.29 is 19.2 Å². The van der Waals surface area contributed by atoms with Gasteiger partial charge in [0.25, 0.3) is 5.91 Å². The van der Waals surface area contributed by atoms with Gasteiger partial charge in [-0.3, -0.25) is 9.59 Å². The van der Waals surface area contributed by atoms with E-state index in [-0.39, 0.29) is 18.1 Å². The van der Waals surface area contributed by atoms with Crippen molar-refractivity contribution in [3.63, 3.8) is 0 Å². The fourth-order valence-electron chi connectivity index (χ4n) is 1.71. The zero-order chi connectivity index (χ0) is 15.1. The maximum absolute atomic E-state index is 11.9. The molecule has 0 saturated carbocycles. The minimum Gasteiger partial charge on any atom is -0.394 e. The highest BCUT2D eigenvalue weighted by atomic mass is 16.5. The van der Waals surface area contributed by atoms with Gasteiger partial charge in [-0.2, -0.15) is 0 Å². The van der Waals surface area contributed by atoms with E-state index in [1.807, 2.05) is 30.3 Å². The van der Waals surface area contributed by atoms with E-state index >= 15 is 0 Å². The molecule has 21 heavy (non-hydrogen) atoms. The summed E-state index contributed by atoms with van der Waals surface area (Å²) in [7, 11) is 0. The van der Waals surface area contributed by atoms with Gasteiger partial charge < -0.3 is 20.3 Å². The van der Waals surface area contributed by atoms with Crippen LogP contribution in [0.1, 0.15) is 5.56 Å². The van der Waals surface area contributed by atoms with Crippen LogP contribution < -0.4 is 10.6 Å². The van der Waals surface area contributed by atoms with Crippen molar-refractivity contribution in [1.29, 1.82) is 0 Å². The summed E-state index contributed by atoms with van der Waals surface area (Å²) < 4.78 is 4.57. The number of benzene rings is 1. The van der Waals surface area contributed by atoms with E-state index in [1.165, 1.54) is 12.3 Å². The topological polar surface area (TPSA) is 104 Å². The van der Waals surface area contributed by atoms with Gasteiger partial charge in [0.1, 0.15) is 12.3 Å². The Morgan fingerprint density at radius 1 is 1.24 bits per heavy atom. The molecule has 0 aliphatic heterocycles. The van der Waals surface area contributed by atoms with E-state index in [2.05, 4.69) is 20.3 Å². The Morgan fingerprint density at radius 3 is 2.62 bits per heavy atom. The summed E-state index contributed by atoms with van der Waals surface area (Å²) in [5.74, 6) is -0.695. The molecule has 1 aromatic carbocycles. The van der Waals surface area contributed by atoms with Crippen LogP contribution in [0.2, 0.25) is 0 Å². The zero-order valence-electron chi connectivity index (χ0n) is 11.2. The van der Waals surface area contributed by atoms with Gasteiger partial charge in [-0.15, -0.1) is 0 Å². The van der Waals surface area contributed by atoms with Crippen LogP contribution in [-0.2, 0) is 16.0 Å². The second-order valence-electron chi connectivity index (χ2n) is 4.34. The maximum atomic E-state index is 11.9. The van der Waals surface area contributed by atoms with Crippen molar-refractivity contribution in [2.45, 2.75) is 12.5 Å². The van der Waals surface area contributed by atoms with Crippen LogP contribution >= 0.6 is 0 Å². The molecule has 1 aromatic heterocycles. The molecular formula is C14H15N3O4. The zero-order valence-corrected chi connectivity index (χ0v) is 11.2. The summed E-state index contributed by atoms with van der Waals surface area (Å²) >= 11 is 0. The Bertz CT molecular complexity index is 584. The molecule has 1 atom stereocenters. The second-order valence-corrected chi connectivity index (χ2v) is 4.34. The predicted molar refractivity (Wildman–Crippen MR) is 74.3 cm³/mol. The van der Waals surface area contributed by atoms with Crippen molar-refractivity contribution in [3.8, 4) is 0 Å². The van der Waals surface area contributed by atoms with Gasteiger partial charge in [0, 0.05) is 6.07 Å². The molecule has 110 valence electrons. The van der Waals surface area contributed by atoms with Crippen LogP contribution in [0.4, 0.5) is 5.82 Å². The first-order valence-corrected chi connectivity index (χ1v) is 6.34. The van der Waals surface area contributed by atoms with Crippen molar-refractivity contribution in [2.24, 2.45) is 0 Å². The third-order valence-electron chi connectivity index (χ3n) is 2.73. The highest BCUT2D eigenvalue weighted by Gasteiger charge is 2.20. The molecule has 2 amide bonds. The first kappa shape index (κ1) is 14.7. The number of hydrogen-bond donors (Lipinski definition) is 3. The van der Waals surface area contributed by atoms with Crippen LogP contribution in [0, 0.1) is 0 Å². The van der Waals surface area contributed by atoms with E-state index in [1.54, 1.807) is 0 Å². The van der Waals surface area contributed by atoms with Crippen molar-refractivity contribution in [3.05, 3.63) is 48.2 Å². The first-order chi connectivity index (χ1) is 10.2. The summed E-state index contributed by atoms with van der Waals surface area (Å²) in [5.41, 5.74) is 0.823. The summed E-state index contributed by atoms with van der Waals surface area (Å²) in [6.45, 7) is -0.510. The summed E-state index contributed by atoms with van der Waals surface area (Å²) in [6, 6.07) is 9.53. The SMILES string of the molecule is O=C(Cc1ccccc1)N[C@@H](CO)C(=O)Nc1ccon1. The van der Waals surface area contributed by atoms with Gasteiger partial charge in [-0.05, 0) is 5.56 Å². The van der Waals surface area contributed by atoms with Crippen molar-refractivity contribution >= 4 is 17.6 Å². The number of carbonyl (C=O) groups excluding carboxylic acids is 2. The Labute approximate surface area is 120 Å². The largest absolute Gasteiger partial charge is 0.394 e. The molecule has 3 N–H and O–H groups in total. The molecule has 1 heterocycles. The van der Waals surface area contributed by atoms with Gasteiger partial charge in [0.15, 0.2) is 5.82 Å². The van der Waals surface area contributed by atoms with Crippen molar-refractivity contribution in [1.82, 2.24) is 10.5 Å². The molecule has 0 spiro atoms. The van der Waals surface area contributed by atoms with E-state index in [0.29, 0.717) is 0 Å².